The van der Waals surface area contributed by atoms with Crippen LogP contribution in [0.25, 0.3) is 0 Å². The standard InChI is InChI=1S/C14H20N2O/c1-10(2)16-13(17)12-6-4-3-5-11(12)9-14(15)7-8-14/h3-6,10H,7-9,15H2,1-2H3,(H,16,17). The molecule has 3 nitrogen and oxygen atoms in total. The number of hydrogen-bond donors (Lipinski definition) is 2. The van der Waals surface area contributed by atoms with Crippen LogP contribution in [0.3, 0.4) is 0 Å². The molecule has 0 aromatic heterocycles. The van der Waals surface area contributed by atoms with Crippen molar-refractivity contribution in [2.45, 2.75) is 44.7 Å². The minimum Gasteiger partial charge on any atom is -0.350 e. The van der Waals surface area contributed by atoms with Crippen LogP contribution in [0.1, 0.15) is 42.6 Å². The lowest BCUT2D eigenvalue weighted by Crippen LogP contribution is -2.32. The molecule has 17 heavy (non-hydrogen) atoms. The summed E-state index contributed by atoms with van der Waals surface area (Å²) in [6, 6.07) is 7.89. The Morgan fingerprint density at radius 2 is 2.06 bits per heavy atom. The monoisotopic (exact) mass is 232 g/mol. The average Bonchev–Trinajstić information content (AvgIpc) is 2.95. The minimum atomic E-state index is -0.0613. The normalized spacial score (nSPS) is 16.9. The predicted octanol–water partition coefficient (Wildman–Crippen LogP) is 1.86. The highest BCUT2D eigenvalue weighted by atomic mass is 16.1. The van der Waals surface area contributed by atoms with Gasteiger partial charge in [0.25, 0.3) is 5.91 Å². The summed E-state index contributed by atoms with van der Waals surface area (Å²) < 4.78 is 0. The SMILES string of the molecule is CC(C)NC(=O)c1ccccc1CC1(N)CC1. The van der Waals surface area contributed by atoms with Crippen LogP contribution >= 0.6 is 0 Å². The molecule has 0 aliphatic heterocycles. The lowest BCUT2D eigenvalue weighted by atomic mass is 9.98. The molecule has 1 aromatic rings. The van der Waals surface area contributed by atoms with Crippen molar-refractivity contribution in [2.75, 3.05) is 0 Å². The molecule has 1 aliphatic rings. The van der Waals surface area contributed by atoms with Crippen molar-refractivity contribution in [3.8, 4) is 0 Å². The van der Waals surface area contributed by atoms with Crippen molar-refractivity contribution < 1.29 is 4.79 Å². The fourth-order valence-electron chi connectivity index (χ4n) is 1.95. The summed E-state index contributed by atoms with van der Waals surface area (Å²) in [7, 11) is 0. The maximum Gasteiger partial charge on any atom is 0.251 e. The number of hydrogen-bond acceptors (Lipinski definition) is 2. The van der Waals surface area contributed by atoms with Gasteiger partial charge in [0.15, 0.2) is 0 Å². The van der Waals surface area contributed by atoms with E-state index in [4.69, 9.17) is 5.73 Å². The zero-order chi connectivity index (χ0) is 12.5. The predicted molar refractivity (Wildman–Crippen MR) is 68.9 cm³/mol. The number of amides is 1. The van der Waals surface area contributed by atoms with Crippen molar-refractivity contribution in [1.82, 2.24) is 5.32 Å². The van der Waals surface area contributed by atoms with Crippen LogP contribution in [0.2, 0.25) is 0 Å². The van der Waals surface area contributed by atoms with E-state index >= 15 is 0 Å². The quantitative estimate of drug-likeness (QED) is 0.832. The lowest BCUT2D eigenvalue weighted by Gasteiger charge is -2.14. The number of rotatable bonds is 4. The fourth-order valence-corrected chi connectivity index (χ4v) is 1.95. The van der Waals surface area contributed by atoms with Gasteiger partial charge >= 0.3 is 0 Å². The highest BCUT2D eigenvalue weighted by Gasteiger charge is 2.38. The van der Waals surface area contributed by atoms with Crippen LogP contribution in [-0.2, 0) is 6.42 Å². The summed E-state index contributed by atoms with van der Waals surface area (Å²) in [4.78, 5) is 12.0. The minimum absolute atomic E-state index is 0.000139. The molecule has 0 bridgehead atoms. The van der Waals surface area contributed by atoms with Gasteiger partial charge in [-0.2, -0.15) is 0 Å². The molecule has 1 aliphatic carbocycles. The second-order valence-electron chi connectivity index (χ2n) is 5.32. The number of nitrogens with two attached hydrogens (primary N) is 1. The Hall–Kier alpha value is -1.35. The van der Waals surface area contributed by atoms with Crippen molar-refractivity contribution >= 4 is 5.91 Å². The third kappa shape index (κ3) is 3.07. The Morgan fingerprint density at radius 3 is 2.65 bits per heavy atom. The van der Waals surface area contributed by atoms with Crippen LogP contribution in [0.15, 0.2) is 24.3 Å². The smallest absolute Gasteiger partial charge is 0.251 e. The average molecular weight is 232 g/mol. The molecule has 0 heterocycles. The van der Waals surface area contributed by atoms with E-state index in [1.807, 2.05) is 38.1 Å². The first-order valence-electron chi connectivity index (χ1n) is 6.18. The molecule has 1 aromatic carbocycles. The van der Waals surface area contributed by atoms with Gasteiger partial charge in [-0.3, -0.25) is 4.79 Å². The molecule has 2 rings (SSSR count). The molecule has 0 unspecified atom stereocenters. The van der Waals surface area contributed by atoms with Crippen molar-refractivity contribution in [3.05, 3.63) is 35.4 Å². The largest absolute Gasteiger partial charge is 0.350 e. The zero-order valence-corrected chi connectivity index (χ0v) is 10.5. The Bertz CT molecular complexity index is 422. The summed E-state index contributed by atoms with van der Waals surface area (Å²) in [5.74, 6) is -0.000139. The van der Waals surface area contributed by atoms with Crippen LogP contribution in [-0.4, -0.2) is 17.5 Å². The molecule has 0 spiro atoms. The van der Waals surface area contributed by atoms with E-state index in [1.54, 1.807) is 0 Å². The Balaban J connectivity index is 2.18. The summed E-state index contributed by atoms with van der Waals surface area (Å²) in [6.07, 6.45) is 2.93. The number of nitrogens with one attached hydrogen (secondary N) is 1. The molecular formula is C14H20N2O. The van der Waals surface area contributed by atoms with Gasteiger partial charge in [0.2, 0.25) is 0 Å². The van der Waals surface area contributed by atoms with E-state index in [0.717, 1.165) is 30.4 Å². The molecule has 3 N–H and O–H groups in total. The van der Waals surface area contributed by atoms with Crippen molar-refractivity contribution in [1.29, 1.82) is 0 Å². The first-order valence-corrected chi connectivity index (χ1v) is 6.18. The molecule has 1 amide bonds. The maximum absolute atomic E-state index is 12.0. The molecule has 3 heteroatoms. The van der Waals surface area contributed by atoms with E-state index in [9.17, 15) is 4.79 Å². The van der Waals surface area contributed by atoms with E-state index < -0.39 is 0 Å². The molecule has 1 fully saturated rings. The molecule has 0 atom stereocenters. The van der Waals surface area contributed by atoms with E-state index in [1.165, 1.54) is 0 Å². The van der Waals surface area contributed by atoms with E-state index in [2.05, 4.69) is 5.32 Å². The molecule has 0 radical (unpaired) electrons. The summed E-state index contributed by atoms with van der Waals surface area (Å²) in [5, 5.41) is 2.93. The molecular weight excluding hydrogens is 212 g/mol. The summed E-state index contributed by atoms with van der Waals surface area (Å²) >= 11 is 0. The number of carbonyl (C=O) groups is 1. The van der Waals surface area contributed by atoms with Gasteiger partial charge in [-0.05, 0) is 44.7 Å². The third-order valence-electron chi connectivity index (χ3n) is 3.12. The first kappa shape index (κ1) is 12.1. The number of benzene rings is 1. The molecule has 92 valence electrons. The zero-order valence-electron chi connectivity index (χ0n) is 10.5. The Kier molecular flexibility index (Phi) is 3.20. The van der Waals surface area contributed by atoms with Crippen molar-refractivity contribution in [2.24, 2.45) is 5.73 Å². The Labute approximate surface area is 102 Å². The van der Waals surface area contributed by atoms with Gasteiger partial charge in [-0.1, -0.05) is 18.2 Å². The Morgan fingerprint density at radius 1 is 1.41 bits per heavy atom. The van der Waals surface area contributed by atoms with Gasteiger partial charge in [0.05, 0.1) is 0 Å². The van der Waals surface area contributed by atoms with Gasteiger partial charge in [-0.25, -0.2) is 0 Å². The maximum atomic E-state index is 12.0. The van der Waals surface area contributed by atoms with Gasteiger partial charge in [0, 0.05) is 17.1 Å². The van der Waals surface area contributed by atoms with Crippen LogP contribution in [0.4, 0.5) is 0 Å². The summed E-state index contributed by atoms with van der Waals surface area (Å²) in [5.41, 5.74) is 7.88. The van der Waals surface area contributed by atoms with Crippen LogP contribution < -0.4 is 11.1 Å². The van der Waals surface area contributed by atoms with Gasteiger partial charge in [0.1, 0.15) is 0 Å². The lowest BCUT2D eigenvalue weighted by molar-refractivity contribution is 0.0942. The van der Waals surface area contributed by atoms with Gasteiger partial charge in [-0.15, -0.1) is 0 Å². The molecule has 0 saturated heterocycles. The third-order valence-corrected chi connectivity index (χ3v) is 3.12. The topological polar surface area (TPSA) is 55.1 Å². The fraction of sp³-hybridized carbons (Fsp3) is 0.500. The number of carbonyl (C=O) groups excluding carboxylic acids is 1. The van der Waals surface area contributed by atoms with Crippen molar-refractivity contribution in [3.63, 3.8) is 0 Å². The molecule has 1 saturated carbocycles. The van der Waals surface area contributed by atoms with Crippen LogP contribution in [0, 0.1) is 0 Å². The van der Waals surface area contributed by atoms with Crippen LogP contribution in [0.5, 0.6) is 0 Å². The highest BCUT2D eigenvalue weighted by molar-refractivity contribution is 5.95. The first-order chi connectivity index (χ1) is 8.00. The summed E-state index contributed by atoms with van der Waals surface area (Å²) in [6.45, 7) is 3.93. The second-order valence-corrected chi connectivity index (χ2v) is 5.32. The van der Waals surface area contributed by atoms with E-state index in [-0.39, 0.29) is 17.5 Å². The highest BCUT2D eigenvalue weighted by Crippen LogP contribution is 2.36. The second kappa shape index (κ2) is 4.49. The van der Waals surface area contributed by atoms with E-state index in [0.29, 0.717) is 0 Å². The van der Waals surface area contributed by atoms with Gasteiger partial charge < -0.3 is 11.1 Å².